The van der Waals surface area contributed by atoms with E-state index in [0.717, 1.165) is 44.4 Å². The van der Waals surface area contributed by atoms with E-state index < -0.39 is 0 Å². The van der Waals surface area contributed by atoms with Crippen LogP contribution < -0.4 is 10.6 Å². The Kier molecular flexibility index (Phi) is 6.69. The lowest BCUT2D eigenvalue weighted by Crippen LogP contribution is -2.12. The zero-order valence-corrected chi connectivity index (χ0v) is 13.0. The van der Waals surface area contributed by atoms with Crippen molar-refractivity contribution in [2.24, 2.45) is 5.92 Å². The summed E-state index contributed by atoms with van der Waals surface area (Å²) in [6.45, 7) is 8.67. The molecule has 118 valence electrons. The minimum atomic E-state index is 0.445. The maximum atomic E-state index is 5.40. The van der Waals surface area contributed by atoms with E-state index in [1.807, 2.05) is 13.0 Å². The number of hydrogen-bond acceptors (Lipinski definition) is 6. The van der Waals surface area contributed by atoms with Crippen molar-refractivity contribution in [2.45, 2.75) is 33.3 Å². The van der Waals surface area contributed by atoms with Crippen LogP contribution in [0.25, 0.3) is 0 Å². The molecule has 0 radical (unpaired) electrons. The normalized spacial score (nSPS) is 17.9. The predicted molar refractivity (Wildman–Crippen MR) is 83.6 cm³/mol. The van der Waals surface area contributed by atoms with E-state index in [9.17, 15) is 0 Å². The minimum Gasteiger partial charge on any atom is -0.381 e. The Bertz CT molecular complexity index is 422. The highest BCUT2D eigenvalue weighted by Crippen LogP contribution is 2.17. The molecule has 1 aliphatic heterocycles. The number of ether oxygens (including phenoxy) is 2. The highest BCUT2D eigenvalue weighted by atomic mass is 16.5. The zero-order chi connectivity index (χ0) is 14.9. The summed E-state index contributed by atoms with van der Waals surface area (Å²) in [6.07, 6.45) is 2.28. The third kappa shape index (κ3) is 5.47. The van der Waals surface area contributed by atoms with Crippen LogP contribution in [0.5, 0.6) is 0 Å². The number of nitrogens with one attached hydrogen (secondary N) is 2. The highest BCUT2D eigenvalue weighted by molar-refractivity contribution is 5.47. The molecule has 0 aliphatic carbocycles. The van der Waals surface area contributed by atoms with Crippen LogP contribution >= 0.6 is 0 Å². The fraction of sp³-hybridized carbons (Fsp3) is 0.733. The molecule has 0 spiro atoms. The summed E-state index contributed by atoms with van der Waals surface area (Å²) >= 11 is 0. The molecule has 1 saturated heterocycles. The predicted octanol–water partition coefficient (Wildman–Crippen LogP) is 2.28. The van der Waals surface area contributed by atoms with Gasteiger partial charge in [-0.3, -0.25) is 0 Å². The van der Waals surface area contributed by atoms with Crippen LogP contribution in [0, 0.1) is 5.92 Å². The molecule has 0 amide bonds. The summed E-state index contributed by atoms with van der Waals surface area (Å²) in [5.41, 5.74) is 0. The van der Waals surface area contributed by atoms with Gasteiger partial charge in [0.25, 0.3) is 0 Å². The standard InChI is InChI=1S/C15H26N4O2/c1-3-16-13-9-14(19-15(18-13)11-20-4-2)17-7-5-12-6-8-21-10-12/h9,12H,3-8,10-11H2,1-2H3,(H2,16,17,18,19). The van der Waals surface area contributed by atoms with Crippen LogP contribution in [-0.2, 0) is 16.1 Å². The van der Waals surface area contributed by atoms with Crippen molar-refractivity contribution in [3.63, 3.8) is 0 Å². The van der Waals surface area contributed by atoms with Crippen molar-refractivity contribution < 1.29 is 9.47 Å². The lowest BCUT2D eigenvalue weighted by molar-refractivity contribution is 0.128. The lowest BCUT2D eigenvalue weighted by atomic mass is 10.1. The Morgan fingerprint density at radius 2 is 2.10 bits per heavy atom. The Hall–Kier alpha value is -1.40. The van der Waals surface area contributed by atoms with Crippen molar-refractivity contribution in [1.29, 1.82) is 0 Å². The molecular formula is C15H26N4O2. The summed E-state index contributed by atoms with van der Waals surface area (Å²) in [5, 5.41) is 6.61. The molecule has 1 unspecified atom stereocenters. The maximum Gasteiger partial charge on any atom is 0.158 e. The van der Waals surface area contributed by atoms with Crippen LogP contribution in [0.4, 0.5) is 11.6 Å². The summed E-state index contributed by atoms with van der Waals surface area (Å²) in [6, 6.07) is 1.95. The molecule has 0 bridgehead atoms. The molecule has 1 atom stereocenters. The molecule has 21 heavy (non-hydrogen) atoms. The molecule has 0 saturated carbocycles. The van der Waals surface area contributed by atoms with Gasteiger partial charge in [-0.25, -0.2) is 9.97 Å². The number of aromatic nitrogens is 2. The first-order valence-electron chi connectivity index (χ1n) is 7.83. The third-order valence-electron chi connectivity index (χ3n) is 3.45. The van der Waals surface area contributed by atoms with E-state index in [1.165, 1.54) is 6.42 Å². The number of anilines is 2. The first-order chi connectivity index (χ1) is 10.3. The smallest absolute Gasteiger partial charge is 0.158 e. The lowest BCUT2D eigenvalue weighted by Gasteiger charge is -2.12. The zero-order valence-electron chi connectivity index (χ0n) is 13.0. The van der Waals surface area contributed by atoms with Gasteiger partial charge in [0.05, 0.1) is 0 Å². The van der Waals surface area contributed by atoms with Gasteiger partial charge in [0.2, 0.25) is 0 Å². The average molecular weight is 294 g/mol. The molecular weight excluding hydrogens is 268 g/mol. The number of hydrogen-bond donors (Lipinski definition) is 2. The van der Waals surface area contributed by atoms with E-state index in [1.54, 1.807) is 0 Å². The SMILES string of the molecule is CCNc1cc(NCCC2CCOC2)nc(COCC)n1. The monoisotopic (exact) mass is 294 g/mol. The highest BCUT2D eigenvalue weighted by Gasteiger charge is 2.15. The number of nitrogens with zero attached hydrogens (tertiary/aromatic N) is 2. The molecule has 1 aliphatic rings. The van der Waals surface area contributed by atoms with Crippen molar-refractivity contribution in [1.82, 2.24) is 9.97 Å². The van der Waals surface area contributed by atoms with E-state index in [-0.39, 0.29) is 0 Å². The largest absolute Gasteiger partial charge is 0.381 e. The third-order valence-corrected chi connectivity index (χ3v) is 3.45. The van der Waals surface area contributed by atoms with Gasteiger partial charge >= 0.3 is 0 Å². The quantitative estimate of drug-likeness (QED) is 0.728. The molecule has 1 aromatic heterocycles. The second-order valence-electron chi connectivity index (χ2n) is 5.17. The summed E-state index contributed by atoms with van der Waals surface area (Å²) in [7, 11) is 0. The van der Waals surface area contributed by atoms with Gasteiger partial charge in [-0.05, 0) is 32.6 Å². The fourth-order valence-electron chi connectivity index (χ4n) is 2.33. The van der Waals surface area contributed by atoms with Gasteiger partial charge in [0.15, 0.2) is 5.82 Å². The summed E-state index contributed by atoms with van der Waals surface area (Å²) in [5.74, 6) is 3.08. The first kappa shape index (κ1) is 16.0. The van der Waals surface area contributed by atoms with E-state index >= 15 is 0 Å². The first-order valence-corrected chi connectivity index (χ1v) is 7.83. The van der Waals surface area contributed by atoms with Crippen LogP contribution in [0.3, 0.4) is 0 Å². The van der Waals surface area contributed by atoms with Crippen molar-refractivity contribution >= 4 is 11.6 Å². The van der Waals surface area contributed by atoms with Crippen LogP contribution in [0.1, 0.15) is 32.5 Å². The van der Waals surface area contributed by atoms with Gasteiger partial charge < -0.3 is 20.1 Å². The molecule has 2 rings (SSSR count). The Labute approximate surface area is 126 Å². The summed E-state index contributed by atoms with van der Waals surface area (Å²) < 4.78 is 10.8. The maximum absolute atomic E-state index is 5.40. The Balaban J connectivity index is 1.90. The molecule has 6 heteroatoms. The van der Waals surface area contributed by atoms with Gasteiger partial charge in [0, 0.05) is 39.0 Å². The van der Waals surface area contributed by atoms with Gasteiger partial charge in [-0.2, -0.15) is 0 Å². The average Bonchev–Trinajstić information content (AvgIpc) is 2.99. The van der Waals surface area contributed by atoms with Crippen LogP contribution in [-0.4, -0.2) is 42.9 Å². The van der Waals surface area contributed by atoms with Gasteiger partial charge in [-0.15, -0.1) is 0 Å². The van der Waals surface area contributed by atoms with Crippen LogP contribution in [0.2, 0.25) is 0 Å². The summed E-state index contributed by atoms with van der Waals surface area (Å²) in [4.78, 5) is 8.94. The fourth-order valence-corrected chi connectivity index (χ4v) is 2.33. The van der Waals surface area contributed by atoms with Crippen molar-refractivity contribution in [3.8, 4) is 0 Å². The Morgan fingerprint density at radius 3 is 2.76 bits per heavy atom. The molecule has 2 N–H and O–H groups in total. The second kappa shape index (κ2) is 8.79. The molecule has 1 aromatic rings. The molecule has 0 aromatic carbocycles. The van der Waals surface area contributed by atoms with E-state index in [2.05, 4.69) is 27.5 Å². The molecule has 2 heterocycles. The number of rotatable bonds is 9. The topological polar surface area (TPSA) is 68.3 Å². The molecule has 6 nitrogen and oxygen atoms in total. The molecule has 1 fully saturated rings. The van der Waals surface area contributed by atoms with Crippen LogP contribution in [0.15, 0.2) is 6.07 Å². The van der Waals surface area contributed by atoms with E-state index in [0.29, 0.717) is 25.0 Å². The van der Waals surface area contributed by atoms with Crippen molar-refractivity contribution in [3.05, 3.63) is 11.9 Å². The van der Waals surface area contributed by atoms with Crippen molar-refractivity contribution in [2.75, 3.05) is 43.5 Å². The van der Waals surface area contributed by atoms with E-state index in [4.69, 9.17) is 9.47 Å². The van der Waals surface area contributed by atoms with Gasteiger partial charge in [0.1, 0.15) is 18.2 Å². The van der Waals surface area contributed by atoms with Gasteiger partial charge in [-0.1, -0.05) is 0 Å². The second-order valence-corrected chi connectivity index (χ2v) is 5.17. The Morgan fingerprint density at radius 1 is 1.29 bits per heavy atom. The minimum absolute atomic E-state index is 0.445.